The first kappa shape index (κ1) is 46.2. The molecule has 0 bridgehead atoms. The Kier molecular flexibility index (Phi) is 35.9. The predicted octanol–water partition coefficient (Wildman–Crippen LogP) is 11.0. The zero-order chi connectivity index (χ0) is 34.6. The molecule has 7 heteroatoms. The molecule has 0 radical (unpaired) electrons. The first-order valence-electron chi connectivity index (χ1n) is 20.3. The molecule has 1 N–H and O–H groups in total. The van der Waals surface area contributed by atoms with E-state index in [2.05, 4.69) is 31.4 Å². The third-order valence-electron chi connectivity index (χ3n) is 9.30. The summed E-state index contributed by atoms with van der Waals surface area (Å²) < 4.78 is 11.6. The second kappa shape index (κ2) is 36.5. The van der Waals surface area contributed by atoms with Crippen LogP contribution in [0.1, 0.15) is 201 Å². The molecule has 280 valence electrons. The summed E-state index contributed by atoms with van der Waals surface area (Å²) in [5, 5.41) is 9.54. The van der Waals surface area contributed by atoms with Crippen molar-refractivity contribution >= 4 is 24.6 Å². The number of unbranched alkanes of at least 4 members (excludes halogenated alkanes) is 19. The molecule has 0 saturated heterocycles. The Labute approximate surface area is 297 Å². The summed E-state index contributed by atoms with van der Waals surface area (Å²) in [5.41, 5.74) is 0. The highest BCUT2D eigenvalue weighted by Crippen LogP contribution is 2.18. The number of hydrogen-bond donors (Lipinski definition) is 2. The highest BCUT2D eigenvalue weighted by Gasteiger charge is 2.15. The van der Waals surface area contributed by atoms with Crippen molar-refractivity contribution in [3.8, 4) is 0 Å². The van der Waals surface area contributed by atoms with E-state index in [1.807, 2.05) is 6.92 Å². The van der Waals surface area contributed by atoms with Crippen molar-refractivity contribution in [3.63, 3.8) is 0 Å². The van der Waals surface area contributed by atoms with Gasteiger partial charge in [-0.1, -0.05) is 123 Å². The fraction of sp³-hybridized carbons (Fsp3) is 0.950. The van der Waals surface area contributed by atoms with Crippen LogP contribution in [-0.4, -0.2) is 66.1 Å². The minimum Gasteiger partial charge on any atom is -0.463 e. The number of carbonyl (C=O) groups excluding carboxylic acids is 2. The SMILES string of the molecule is CCCCCCCCCCC(=O)OC(C)CCN(CCO)CCCCCCCC(=O)OC(CCCCCCS)CCCCCCCC. The quantitative estimate of drug-likeness (QED) is 0.0385. The maximum atomic E-state index is 12.6. The number of rotatable bonds is 37. The number of aliphatic hydroxyl groups excluding tert-OH is 1. The summed E-state index contributed by atoms with van der Waals surface area (Å²) in [7, 11) is 0. The minimum atomic E-state index is -0.0963. The van der Waals surface area contributed by atoms with Gasteiger partial charge in [0.2, 0.25) is 0 Å². The summed E-state index contributed by atoms with van der Waals surface area (Å²) in [6.07, 6.45) is 31.2. The topological polar surface area (TPSA) is 76.1 Å². The van der Waals surface area contributed by atoms with Crippen molar-refractivity contribution < 1.29 is 24.2 Å². The number of hydrogen-bond acceptors (Lipinski definition) is 7. The van der Waals surface area contributed by atoms with E-state index in [0.717, 1.165) is 95.9 Å². The van der Waals surface area contributed by atoms with Gasteiger partial charge in [0.15, 0.2) is 0 Å². The number of aliphatic hydroxyl groups is 1. The molecule has 0 amide bonds. The fourth-order valence-corrected chi connectivity index (χ4v) is 6.44. The number of esters is 2. The molecule has 0 aliphatic rings. The molecular weight excluding hydrogens is 607 g/mol. The first-order chi connectivity index (χ1) is 23.0. The Balaban J connectivity index is 4.09. The van der Waals surface area contributed by atoms with Crippen LogP contribution in [0.5, 0.6) is 0 Å². The van der Waals surface area contributed by atoms with Crippen LogP contribution in [0, 0.1) is 0 Å². The second-order valence-corrected chi connectivity index (χ2v) is 14.4. The van der Waals surface area contributed by atoms with Crippen molar-refractivity contribution in [1.29, 1.82) is 0 Å². The summed E-state index contributed by atoms with van der Waals surface area (Å²) in [4.78, 5) is 27.2. The fourth-order valence-electron chi connectivity index (χ4n) is 6.22. The maximum Gasteiger partial charge on any atom is 0.306 e. The lowest BCUT2D eigenvalue weighted by molar-refractivity contribution is -0.150. The molecule has 0 aromatic rings. The lowest BCUT2D eigenvalue weighted by Gasteiger charge is -2.23. The van der Waals surface area contributed by atoms with E-state index in [0.29, 0.717) is 19.4 Å². The Morgan fingerprint density at radius 2 is 1.00 bits per heavy atom. The second-order valence-electron chi connectivity index (χ2n) is 14.0. The van der Waals surface area contributed by atoms with Crippen molar-refractivity contribution in [2.75, 3.05) is 32.0 Å². The van der Waals surface area contributed by atoms with Crippen LogP contribution in [-0.2, 0) is 19.1 Å². The molecule has 47 heavy (non-hydrogen) atoms. The summed E-state index contributed by atoms with van der Waals surface area (Å²) >= 11 is 4.32. The molecule has 0 heterocycles. The van der Waals surface area contributed by atoms with Crippen LogP contribution < -0.4 is 0 Å². The van der Waals surface area contributed by atoms with Gasteiger partial charge < -0.3 is 19.5 Å². The molecule has 0 spiro atoms. The minimum absolute atomic E-state index is 0.0157. The standard InChI is InChI=1S/C40H79NO5S/c1-4-6-8-10-12-13-16-23-29-39(43)45-37(3)31-33-41(34-35-42)32-25-19-14-17-24-30-40(44)46-38(28-22-18-20-26-36-47)27-21-15-11-9-7-5-2/h37-38,42,47H,4-36H2,1-3H3. The van der Waals surface area contributed by atoms with E-state index in [1.165, 1.54) is 89.9 Å². The van der Waals surface area contributed by atoms with E-state index < -0.39 is 0 Å². The van der Waals surface area contributed by atoms with Gasteiger partial charge in [-0.15, -0.1) is 0 Å². The van der Waals surface area contributed by atoms with Gasteiger partial charge in [-0.3, -0.25) is 9.59 Å². The number of thiol groups is 1. The van der Waals surface area contributed by atoms with E-state index in [9.17, 15) is 14.7 Å². The lowest BCUT2D eigenvalue weighted by Crippen LogP contribution is -2.31. The third-order valence-corrected chi connectivity index (χ3v) is 9.62. The van der Waals surface area contributed by atoms with Crippen LogP contribution in [0.4, 0.5) is 0 Å². The Bertz CT molecular complexity index is 679. The highest BCUT2D eigenvalue weighted by atomic mass is 32.1. The van der Waals surface area contributed by atoms with Gasteiger partial charge in [0, 0.05) is 25.9 Å². The van der Waals surface area contributed by atoms with Crippen LogP contribution >= 0.6 is 12.6 Å². The molecular formula is C40H79NO5S. The normalized spacial score (nSPS) is 12.8. The van der Waals surface area contributed by atoms with Gasteiger partial charge in [-0.25, -0.2) is 0 Å². The van der Waals surface area contributed by atoms with Crippen LogP contribution in [0.2, 0.25) is 0 Å². The third kappa shape index (κ3) is 33.5. The Morgan fingerprint density at radius 1 is 0.553 bits per heavy atom. The van der Waals surface area contributed by atoms with Gasteiger partial charge in [0.25, 0.3) is 0 Å². The Hall–Kier alpha value is -0.790. The van der Waals surface area contributed by atoms with Gasteiger partial charge in [-0.05, 0) is 77.0 Å². The Morgan fingerprint density at radius 3 is 1.51 bits per heavy atom. The molecule has 0 aliphatic carbocycles. The molecule has 0 aromatic heterocycles. The monoisotopic (exact) mass is 686 g/mol. The molecule has 2 unspecified atom stereocenters. The zero-order valence-corrected chi connectivity index (χ0v) is 32.4. The van der Waals surface area contributed by atoms with Crippen molar-refractivity contribution in [2.45, 2.75) is 213 Å². The van der Waals surface area contributed by atoms with E-state index in [-0.39, 0.29) is 30.8 Å². The van der Waals surface area contributed by atoms with E-state index >= 15 is 0 Å². The van der Waals surface area contributed by atoms with Crippen molar-refractivity contribution in [3.05, 3.63) is 0 Å². The molecule has 2 atom stereocenters. The molecule has 0 rings (SSSR count). The lowest BCUT2D eigenvalue weighted by atomic mass is 10.0. The van der Waals surface area contributed by atoms with Crippen LogP contribution in [0.25, 0.3) is 0 Å². The van der Waals surface area contributed by atoms with Crippen LogP contribution in [0.15, 0.2) is 0 Å². The first-order valence-corrected chi connectivity index (χ1v) is 20.9. The predicted molar refractivity (Wildman–Crippen MR) is 203 cm³/mol. The number of nitrogens with zero attached hydrogens (tertiary/aromatic N) is 1. The molecule has 0 aromatic carbocycles. The van der Waals surface area contributed by atoms with Crippen molar-refractivity contribution in [2.24, 2.45) is 0 Å². The van der Waals surface area contributed by atoms with E-state index in [1.54, 1.807) is 0 Å². The number of ether oxygens (including phenoxy) is 2. The maximum absolute atomic E-state index is 12.6. The largest absolute Gasteiger partial charge is 0.463 e. The van der Waals surface area contributed by atoms with Crippen LogP contribution in [0.3, 0.4) is 0 Å². The smallest absolute Gasteiger partial charge is 0.306 e. The molecule has 0 fully saturated rings. The van der Waals surface area contributed by atoms with Crippen molar-refractivity contribution in [1.82, 2.24) is 4.90 Å². The molecule has 0 saturated carbocycles. The summed E-state index contributed by atoms with van der Waals surface area (Å²) in [6, 6.07) is 0. The number of carbonyl (C=O) groups is 2. The van der Waals surface area contributed by atoms with Gasteiger partial charge in [-0.2, -0.15) is 12.6 Å². The summed E-state index contributed by atoms with van der Waals surface area (Å²) in [6.45, 7) is 9.03. The molecule has 0 aliphatic heterocycles. The summed E-state index contributed by atoms with van der Waals surface area (Å²) in [5.74, 6) is 0.862. The average Bonchev–Trinajstić information content (AvgIpc) is 3.05. The highest BCUT2D eigenvalue weighted by molar-refractivity contribution is 7.80. The zero-order valence-electron chi connectivity index (χ0n) is 31.5. The van der Waals surface area contributed by atoms with Gasteiger partial charge in [0.1, 0.15) is 12.2 Å². The van der Waals surface area contributed by atoms with Gasteiger partial charge in [0.05, 0.1) is 6.61 Å². The van der Waals surface area contributed by atoms with Gasteiger partial charge >= 0.3 is 11.9 Å². The molecule has 6 nitrogen and oxygen atoms in total. The van der Waals surface area contributed by atoms with E-state index in [4.69, 9.17) is 9.47 Å². The average molecular weight is 686 g/mol.